The molecule has 0 amide bonds. The number of benzene rings is 9. The Morgan fingerprint density at radius 1 is 0.278 bits per heavy atom. The number of aromatic nitrogens is 6. The van der Waals surface area contributed by atoms with Crippen LogP contribution in [-0.2, 0) is 0 Å². The highest BCUT2D eigenvalue weighted by Gasteiger charge is 2.22. The summed E-state index contributed by atoms with van der Waals surface area (Å²) in [5, 5.41) is 5.72. The number of nitrogens with one attached hydrogen (secondary N) is 3. The molecule has 9 nitrogen and oxygen atoms in total. The van der Waals surface area contributed by atoms with Crippen molar-refractivity contribution in [2.24, 2.45) is 15.0 Å². The maximum atomic E-state index is 15.6. The average Bonchev–Trinajstić information content (AvgIpc) is 3.41. The zero-order valence-electron chi connectivity index (χ0n) is 37.9. The summed E-state index contributed by atoms with van der Waals surface area (Å²) in [4.78, 5) is 42.0. The van der Waals surface area contributed by atoms with Crippen LogP contribution >= 0.6 is 0 Å². The smallest absolute Gasteiger partial charge is 0.164 e. The third-order valence-corrected chi connectivity index (χ3v) is 12.9. The molecule has 13 aromatic rings. The van der Waals surface area contributed by atoms with Crippen molar-refractivity contribution < 1.29 is 13.2 Å². The van der Waals surface area contributed by atoms with Crippen LogP contribution < -0.4 is 16.1 Å². The molecule has 4 aromatic heterocycles. The minimum Gasteiger partial charge on any atom is -0.354 e. The molecule has 0 bridgehead atoms. The van der Waals surface area contributed by atoms with E-state index in [2.05, 4.69) is 15.0 Å². The summed E-state index contributed by atoms with van der Waals surface area (Å²) in [5.74, 6) is -0.593. The highest BCUT2D eigenvalue weighted by molar-refractivity contribution is 6.04. The predicted molar refractivity (Wildman–Crippen MR) is 279 cm³/mol. The minimum absolute atomic E-state index is 0.165. The van der Waals surface area contributed by atoms with Gasteiger partial charge in [0.2, 0.25) is 0 Å². The molecule has 72 heavy (non-hydrogen) atoms. The van der Waals surface area contributed by atoms with E-state index in [1.165, 1.54) is 18.2 Å². The van der Waals surface area contributed by atoms with Gasteiger partial charge in [-0.3, -0.25) is 0 Å². The number of H-pyrrole nitrogens is 3. The summed E-state index contributed by atoms with van der Waals surface area (Å²) in [6.45, 7) is 0. The molecular weight excluding hydrogens is 904 g/mol. The molecule has 0 unspecified atom stereocenters. The molecule has 0 fully saturated rings. The van der Waals surface area contributed by atoms with Crippen LogP contribution in [0, 0.1) is 17.5 Å². The third-order valence-electron chi connectivity index (χ3n) is 12.9. The summed E-state index contributed by atoms with van der Waals surface area (Å²) in [6.07, 6.45) is 0. The number of hydrogen-bond acceptors (Lipinski definition) is 6. The van der Waals surface area contributed by atoms with Gasteiger partial charge in [0.25, 0.3) is 0 Å². The van der Waals surface area contributed by atoms with Gasteiger partial charge in [-0.15, -0.1) is 0 Å². The number of rotatable bonds is 6. The molecule has 0 aliphatic rings. The van der Waals surface area contributed by atoms with E-state index in [4.69, 9.17) is 29.9 Å². The van der Waals surface area contributed by atoms with Crippen molar-refractivity contribution in [1.82, 2.24) is 29.9 Å². The number of aromatic amines is 3. The second-order valence-corrected chi connectivity index (χ2v) is 17.2. The Kier molecular flexibility index (Phi) is 10.2. The van der Waals surface area contributed by atoms with Gasteiger partial charge in [-0.05, 0) is 72.8 Å². The summed E-state index contributed by atoms with van der Waals surface area (Å²) >= 11 is 0. The molecule has 12 heteroatoms. The van der Waals surface area contributed by atoms with Crippen LogP contribution in [0.25, 0.3) is 99.6 Å². The van der Waals surface area contributed by atoms with Gasteiger partial charge >= 0.3 is 0 Å². The van der Waals surface area contributed by atoms with Gasteiger partial charge in [0.1, 0.15) is 17.5 Å². The molecule has 0 aliphatic carbocycles. The van der Waals surface area contributed by atoms with Gasteiger partial charge in [0, 0.05) is 82.1 Å². The maximum absolute atomic E-state index is 15.6. The number of para-hydroxylation sites is 6. The summed E-state index contributed by atoms with van der Waals surface area (Å²) in [7, 11) is 0. The monoisotopic (exact) mass is 939 g/mol. The predicted octanol–water partition coefficient (Wildman–Crippen LogP) is 13.9. The zero-order chi connectivity index (χ0) is 48.3. The summed E-state index contributed by atoms with van der Waals surface area (Å²) in [6, 6.07) is 59.8. The molecule has 9 aromatic carbocycles. The van der Waals surface area contributed by atoms with Gasteiger partial charge in [0.05, 0.1) is 33.1 Å². The maximum Gasteiger partial charge on any atom is 0.164 e. The van der Waals surface area contributed by atoms with Gasteiger partial charge in [-0.25, -0.2) is 43.1 Å². The lowest BCUT2D eigenvalue weighted by atomic mass is 10.0. The van der Waals surface area contributed by atoms with Crippen LogP contribution in [0.1, 0.15) is 0 Å². The standard InChI is InChI=1S/C60H36F3N9/c61-40-22-4-10-28-46(40)67-55-34-16-1-7-25-43(34)64-49-31-13-19-37(52(49)55)58-70-59(38-20-14-32-50-53(38)56(35-17-2-8-26-44(35)65-50)68-47-29-11-5-23-41(47)62)72-60(71-58)39-21-15-33-51-54(39)57(36-18-3-9-27-45(36)66-51)69-48-30-12-6-24-42(48)63/h1-33H,(H,64,67)(H,65,68)(H,66,69). The van der Waals surface area contributed by atoms with Crippen molar-refractivity contribution >= 4 is 82.5 Å². The van der Waals surface area contributed by atoms with Crippen LogP contribution in [0.4, 0.5) is 30.2 Å². The van der Waals surface area contributed by atoms with Crippen LogP contribution in [0.5, 0.6) is 0 Å². The lowest BCUT2D eigenvalue weighted by molar-refractivity contribution is 0.629. The second-order valence-electron chi connectivity index (χ2n) is 17.2. The normalized spacial score (nSPS) is 12.6. The number of pyridine rings is 3. The second kappa shape index (κ2) is 17.3. The van der Waals surface area contributed by atoms with Crippen molar-refractivity contribution in [1.29, 1.82) is 0 Å². The fourth-order valence-electron chi connectivity index (χ4n) is 9.60. The highest BCUT2D eigenvalue weighted by Crippen LogP contribution is 2.34. The molecule has 0 aliphatic heterocycles. The van der Waals surface area contributed by atoms with E-state index in [0.717, 1.165) is 32.7 Å². The molecule has 4 heterocycles. The number of hydrogen-bond donors (Lipinski definition) is 3. The fourth-order valence-corrected chi connectivity index (χ4v) is 9.60. The van der Waals surface area contributed by atoms with Crippen molar-refractivity contribution in [3.05, 3.63) is 234 Å². The van der Waals surface area contributed by atoms with Crippen molar-refractivity contribution in [3.8, 4) is 34.2 Å². The first kappa shape index (κ1) is 42.3. The first-order valence-corrected chi connectivity index (χ1v) is 23.2. The first-order chi connectivity index (χ1) is 35.4. The largest absolute Gasteiger partial charge is 0.354 e. The van der Waals surface area contributed by atoms with E-state index in [0.29, 0.717) is 65.5 Å². The molecule has 0 atom stereocenters. The van der Waals surface area contributed by atoms with Gasteiger partial charge in [-0.2, -0.15) is 0 Å². The molecule has 13 rings (SSSR count). The van der Waals surface area contributed by atoms with E-state index in [1.807, 2.05) is 127 Å². The van der Waals surface area contributed by atoms with E-state index < -0.39 is 17.5 Å². The van der Waals surface area contributed by atoms with Crippen LogP contribution in [-0.4, -0.2) is 29.9 Å². The van der Waals surface area contributed by atoms with Crippen LogP contribution in [0.3, 0.4) is 0 Å². The minimum atomic E-state index is -0.474. The number of halogens is 3. The molecule has 0 radical (unpaired) electrons. The summed E-state index contributed by atoms with van der Waals surface area (Å²) in [5.41, 5.74) is 6.75. The molecule has 0 saturated heterocycles. The van der Waals surface area contributed by atoms with E-state index >= 15 is 13.2 Å². The Bertz CT molecular complexity index is 4120. The van der Waals surface area contributed by atoms with Crippen molar-refractivity contribution in [3.63, 3.8) is 0 Å². The lowest BCUT2D eigenvalue weighted by Crippen LogP contribution is -2.12. The van der Waals surface area contributed by atoms with E-state index in [-0.39, 0.29) is 34.5 Å². The Morgan fingerprint density at radius 3 is 0.847 bits per heavy atom. The Morgan fingerprint density at radius 2 is 0.542 bits per heavy atom. The van der Waals surface area contributed by atoms with Crippen molar-refractivity contribution in [2.75, 3.05) is 0 Å². The molecular formula is C60H36F3N9. The highest BCUT2D eigenvalue weighted by atomic mass is 19.1. The topological polar surface area (TPSA) is 123 Å². The van der Waals surface area contributed by atoms with Gasteiger partial charge in [-0.1, -0.05) is 127 Å². The fraction of sp³-hybridized carbons (Fsp3) is 0. The Balaban J connectivity index is 1.19. The molecule has 342 valence electrons. The zero-order valence-corrected chi connectivity index (χ0v) is 37.9. The third kappa shape index (κ3) is 7.28. The SMILES string of the molecule is Fc1ccccc1N=c1c2ccccc2[nH]c2cccc(-c3nc(-c4cccc5[nH]c6ccccc6c(=Nc6ccccc6F)c45)nc(-c4cccc5[nH]c6ccccc6c(=Nc6ccccc6F)c45)n3)c12. The molecule has 0 spiro atoms. The quantitative estimate of drug-likeness (QED) is 0.144. The Hall–Kier alpha value is -9.81. The number of fused-ring (bicyclic) bond motifs is 6. The average molecular weight is 940 g/mol. The Labute approximate surface area is 406 Å². The summed E-state index contributed by atoms with van der Waals surface area (Å²) < 4.78 is 46.9. The van der Waals surface area contributed by atoms with Gasteiger partial charge < -0.3 is 15.0 Å². The van der Waals surface area contributed by atoms with E-state index in [9.17, 15) is 0 Å². The molecule has 3 N–H and O–H groups in total. The van der Waals surface area contributed by atoms with Crippen molar-refractivity contribution in [2.45, 2.75) is 0 Å². The molecule has 0 saturated carbocycles. The van der Waals surface area contributed by atoms with Crippen LogP contribution in [0.2, 0.25) is 0 Å². The first-order valence-electron chi connectivity index (χ1n) is 23.2. The number of nitrogens with zero attached hydrogens (tertiary/aromatic N) is 6. The van der Waals surface area contributed by atoms with Crippen LogP contribution in [0.15, 0.2) is 215 Å². The van der Waals surface area contributed by atoms with Gasteiger partial charge in [0.15, 0.2) is 17.5 Å². The van der Waals surface area contributed by atoms with E-state index in [1.54, 1.807) is 54.6 Å². The lowest BCUT2D eigenvalue weighted by Gasteiger charge is -2.15.